The van der Waals surface area contributed by atoms with Crippen molar-refractivity contribution >= 4 is 35.0 Å². The summed E-state index contributed by atoms with van der Waals surface area (Å²) >= 11 is 1.23. The number of anilines is 1. The molecule has 0 aliphatic carbocycles. The molecule has 0 saturated heterocycles. The maximum Gasteiger partial charge on any atom is 0.338 e. The number of carbonyl (C=O) groups excluding carboxylic acids is 2. The smallest absolute Gasteiger partial charge is 0.338 e. The van der Waals surface area contributed by atoms with E-state index in [9.17, 15) is 14.4 Å². The lowest BCUT2D eigenvalue weighted by atomic mass is 9.95. The second kappa shape index (κ2) is 12.6. The number of esters is 1. The van der Waals surface area contributed by atoms with Gasteiger partial charge in [0.15, 0.2) is 4.80 Å². The van der Waals surface area contributed by atoms with Crippen molar-refractivity contribution in [2.24, 2.45) is 4.99 Å². The number of nitrogens with zero attached hydrogens (tertiary/aromatic N) is 2. The number of nitrogens with one attached hydrogen (secondary N) is 1. The number of allylic oxidation sites excluding steroid dienone is 1. The Labute approximate surface area is 262 Å². The lowest BCUT2D eigenvalue weighted by molar-refractivity contribution is -0.113. The van der Waals surface area contributed by atoms with Gasteiger partial charge in [0.05, 0.1) is 41.1 Å². The van der Waals surface area contributed by atoms with E-state index in [1.54, 1.807) is 92.3 Å². The highest BCUT2D eigenvalue weighted by Crippen LogP contribution is 2.32. The molecule has 9 nitrogen and oxygen atoms in total. The van der Waals surface area contributed by atoms with Gasteiger partial charge in [-0.3, -0.25) is 14.2 Å². The summed E-state index contributed by atoms with van der Waals surface area (Å²) in [6.45, 7) is 3.84. The lowest BCUT2D eigenvalue weighted by Gasteiger charge is -2.25. The maximum atomic E-state index is 14.0. The van der Waals surface area contributed by atoms with Gasteiger partial charge in [0, 0.05) is 17.3 Å². The molecule has 6 rings (SSSR count). The molecule has 1 aliphatic rings. The number of ether oxygens (including phenoxy) is 2. The Bertz CT molecular complexity index is 2090. The van der Waals surface area contributed by atoms with Crippen molar-refractivity contribution in [2.45, 2.75) is 19.9 Å². The van der Waals surface area contributed by atoms with Gasteiger partial charge in [-0.1, -0.05) is 53.8 Å². The number of hydrogen-bond acceptors (Lipinski definition) is 8. The predicted molar refractivity (Wildman–Crippen MR) is 172 cm³/mol. The van der Waals surface area contributed by atoms with Crippen LogP contribution in [0.5, 0.6) is 5.75 Å². The van der Waals surface area contributed by atoms with Gasteiger partial charge < -0.3 is 19.2 Å². The Morgan fingerprint density at radius 1 is 1.00 bits per heavy atom. The van der Waals surface area contributed by atoms with Gasteiger partial charge in [-0.15, -0.1) is 0 Å². The van der Waals surface area contributed by atoms with Crippen LogP contribution in [0.4, 0.5) is 5.69 Å². The first kappa shape index (κ1) is 29.6. The van der Waals surface area contributed by atoms with E-state index in [1.807, 2.05) is 30.3 Å². The minimum Gasteiger partial charge on any atom is -0.497 e. The molecule has 10 heteroatoms. The van der Waals surface area contributed by atoms with Crippen LogP contribution in [-0.2, 0) is 9.53 Å². The third-order valence-electron chi connectivity index (χ3n) is 7.31. The van der Waals surface area contributed by atoms with Crippen molar-refractivity contribution in [1.29, 1.82) is 0 Å². The average Bonchev–Trinajstić information content (AvgIpc) is 3.65. The van der Waals surface area contributed by atoms with Gasteiger partial charge in [-0.25, -0.2) is 9.79 Å². The molecule has 0 spiro atoms. The Morgan fingerprint density at radius 3 is 2.42 bits per heavy atom. The summed E-state index contributed by atoms with van der Waals surface area (Å²) in [6, 6.07) is 26.2. The topological polar surface area (TPSA) is 112 Å². The lowest BCUT2D eigenvalue weighted by Crippen LogP contribution is -2.40. The first-order chi connectivity index (χ1) is 21.9. The van der Waals surface area contributed by atoms with Gasteiger partial charge in [0.25, 0.3) is 11.5 Å². The molecule has 0 unspecified atom stereocenters. The third-order valence-corrected chi connectivity index (χ3v) is 8.29. The van der Waals surface area contributed by atoms with E-state index in [4.69, 9.17) is 18.9 Å². The quantitative estimate of drug-likeness (QED) is 0.236. The van der Waals surface area contributed by atoms with Crippen LogP contribution in [0.1, 0.15) is 41.6 Å². The van der Waals surface area contributed by atoms with Crippen molar-refractivity contribution < 1.29 is 23.5 Å². The van der Waals surface area contributed by atoms with Crippen LogP contribution in [0.15, 0.2) is 116 Å². The number of hydrogen-bond donors (Lipinski definition) is 1. The zero-order chi connectivity index (χ0) is 31.5. The fraction of sp³-hybridized carbons (Fsp3) is 0.143. The second-order valence-corrected chi connectivity index (χ2v) is 11.2. The molecule has 1 atom stereocenters. The SMILES string of the molecule is CCOC(=O)c1ccc(-c2ccc(/C=c3/sc4n(c3=O)[C@H](c3ccc(OC)cc3)C(C(=O)Nc3ccccc3)=C(C)N=4)o2)cc1. The van der Waals surface area contributed by atoms with Gasteiger partial charge in [-0.05, 0) is 67.9 Å². The normalized spacial score (nSPS) is 14.5. The molecule has 0 radical (unpaired) electrons. The zero-order valence-electron chi connectivity index (χ0n) is 24.8. The van der Waals surface area contributed by atoms with Crippen LogP contribution in [-0.4, -0.2) is 30.2 Å². The van der Waals surface area contributed by atoms with Crippen LogP contribution in [0.3, 0.4) is 0 Å². The van der Waals surface area contributed by atoms with Crippen molar-refractivity contribution in [3.05, 3.63) is 139 Å². The molecule has 2 aromatic heterocycles. The number of para-hydroxylation sites is 1. The molecule has 1 N–H and O–H groups in total. The number of methoxy groups -OCH3 is 1. The minimum atomic E-state index is -0.719. The molecule has 1 amide bonds. The van der Waals surface area contributed by atoms with Crippen molar-refractivity contribution in [3.63, 3.8) is 0 Å². The molecular formula is C35H29N3O6S. The van der Waals surface area contributed by atoms with Crippen LogP contribution in [0.25, 0.3) is 17.4 Å². The highest BCUT2D eigenvalue weighted by atomic mass is 32.1. The van der Waals surface area contributed by atoms with E-state index < -0.39 is 6.04 Å². The van der Waals surface area contributed by atoms with Crippen LogP contribution in [0.2, 0.25) is 0 Å². The standard InChI is InChI=1S/C35H29N3O6S/c1-4-43-34(41)24-12-10-22(11-13-24)28-19-18-27(44-28)20-29-33(40)38-31(23-14-16-26(42-3)17-15-23)30(21(2)36-35(38)45-29)32(39)37-25-8-6-5-7-9-25/h5-20,31H,4H2,1-3H3,(H,37,39)/b29-20+/t31-/m1/s1. The number of thiazole rings is 1. The first-order valence-electron chi connectivity index (χ1n) is 14.3. The van der Waals surface area contributed by atoms with Crippen LogP contribution < -0.4 is 24.9 Å². The summed E-state index contributed by atoms with van der Waals surface area (Å²) in [7, 11) is 1.58. The molecular weight excluding hydrogens is 590 g/mol. The fourth-order valence-corrected chi connectivity index (χ4v) is 6.16. The van der Waals surface area contributed by atoms with Gasteiger partial charge in [-0.2, -0.15) is 0 Å². The first-order valence-corrected chi connectivity index (χ1v) is 15.1. The summed E-state index contributed by atoms with van der Waals surface area (Å²) < 4.78 is 18.4. The molecule has 226 valence electrons. The molecule has 45 heavy (non-hydrogen) atoms. The Hall–Kier alpha value is -5.48. The highest BCUT2D eigenvalue weighted by molar-refractivity contribution is 7.07. The van der Waals surface area contributed by atoms with Gasteiger partial charge >= 0.3 is 5.97 Å². The van der Waals surface area contributed by atoms with E-state index in [1.165, 1.54) is 11.3 Å². The largest absolute Gasteiger partial charge is 0.497 e. The number of benzene rings is 3. The van der Waals surface area contributed by atoms with Crippen LogP contribution >= 0.6 is 11.3 Å². The summed E-state index contributed by atoms with van der Waals surface area (Å²) in [4.78, 5) is 44.9. The monoisotopic (exact) mass is 619 g/mol. The van der Waals surface area contributed by atoms with Crippen molar-refractivity contribution in [3.8, 4) is 17.1 Å². The van der Waals surface area contributed by atoms with E-state index >= 15 is 0 Å². The number of furan rings is 1. The second-order valence-electron chi connectivity index (χ2n) is 10.2. The van der Waals surface area contributed by atoms with E-state index in [0.717, 1.165) is 11.1 Å². The highest BCUT2D eigenvalue weighted by Gasteiger charge is 2.32. The number of fused-ring (bicyclic) bond motifs is 1. The van der Waals surface area contributed by atoms with E-state index in [-0.39, 0.29) is 17.4 Å². The van der Waals surface area contributed by atoms with Crippen LogP contribution in [0, 0.1) is 0 Å². The van der Waals surface area contributed by atoms with E-state index in [2.05, 4.69) is 5.32 Å². The average molecular weight is 620 g/mol. The van der Waals surface area contributed by atoms with Gasteiger partial charge in [0.2, 0.25) is 0 Å². The summed E-state index contributed by atoms with van der Waals surface area (Å²) in [6.07, 6.45) is 1.68. The molecule has 3 aromatic carbocycles. The van der Waals surface area contributed by atoms with E-state index in [0.29, 0.717) is 55.7 Å². The van der Waals surface area contributed by atoms with Crippen molar-refractivity contribution in [1.82, 2.24) is 4.57 Å². The minimum absolute atomic E-state index is 0.297. The van der Waals surface area contributed by atoms with Gasteiger partial charge in [0.1, 0.15) is 17.3 Å². The summed E-state index contributed by atoms with van der Waals surface area (Å²) in [5, 5.41) is 2.95. The molecule has 1 aliphatic heterocycles. The fourth-order valence-electron chi connectivity index (χ4n) is 5.13. The molecule has 3 heterocycles. The molecule has 0 bridgehead atoms. The summed E-state index contributed by atoms with van der Waals surface area (Å²) in [5.41, 5.74) is 3.19. The number of rotatable bonds is 8. The number of carbonyl (C=O) groups is 2. The third kappa shape index (κ3) is 6.00. The maximum absolute atomic E-state index is 14.0. The van der Waals surface area contributed by atoms with Crippen molar-refractivity contribution in [2.75, 3.05) is 19.0 Å². The Balaban J connectivity index is 1.38. The summed E-state index contributed by atoms with van der Waals surface area (Å²) in [5.74, 6) is 0.983. The molecule has 0 saturated carbocycles. The molecule has 5 aromatic rings. The Morgan fingerprint density at radius 2 is 1.73 bits per heavy atom. The zero-order valence-corrected chi connectivity index (χ0v) is 25.6. The molecule has 0 fully saturated rings. The number of aromatic nitrogens is 1. The Kier molecular flexibility index (Phi) is 8.30. The number of amides is 1. The predicted octanol–water partition coefficient (Wildman–Crippen LogP) is 5.32.